The molecule has 0 atom stereocenters. The predicted molar refractivity (Wildman–Crippen MR) is 98.6 cm³/mol. The third-order valence-corrected chi connectivity index (χ3v) is 4.97. The molecule has 7 nitrogen and oxygen atoms in total. The number of nitrogens with zero attached hydrogens (tertiary/aromatic N) is 3. The Hall–Kier alpha value is -1.88. The van der Waals surface area contributed by atoms with E-state index in [2.05, 4.69) is 30.8 Å². The van der Waals surface area contributed by atoms with E-state index in [1.807, 2.05) is 6.92 Å². The zero-order valence-corrected chi connectivity index (χ0v) is 16.2. The number of carbonyl (C=O) groups excluding carboxylic acids is 1. The van der Waals surface area contributed by atoms with Crippen LogP contribution in [0.15, 0.2) is 10.4 Å². The maximum atomic E-state index is 12.6. The van der Waals surface area contributed by atoms with Gasteiger partial charge >= 0.3 is 6.18 Å². The zero-order valence-electron chi connectivity index (χ0n) is 15.4. The van der Waals surface area contributed by atoms with Crippen molar-refractivity contribution in [2.75, 3.05) is 33.2 Å². The van der Waals surface area contributed by atoms with Gasteiger partial charge in [-0.3, -0.25) is 9.69 Å². The summed E-state index contributed by atoms with van der Waals surface area (Å²) in [6.45, 7) is 4.65. The van der Waals surface area contributed by atoms with Gasteiger partial charge in [-0.15, -0.1) is 11.3 Å². The van der Waals surface area contributed by atoms with Gasteiger partial charge in [-0.25, -0.2) is 9.98 Å². The predicted octanol–water partition coefficient (Wildman–Crippen LogP) is 1.43. The van der Waals surface area contributed by atoms with E-state index in [-0.39, 0.29) is 18.5 Å². The summed E-state index contributed by atoms with van der Waals surface area (Å²) in [5.74, 6) is 0.559. The molecule has 3 N–H and O–H groups in total. The van der Waals surface area contributed by atoms with Crippen molar-refractivity contribution in [3.63, 3.8) is 0 Å². The molecule has 1 aromatic heterocycles. The Morgan fingerprint density at radius 3 is 2.67 bits per heavy atom. The van der Waals surface area contributed by atoms with Crippen molar-refractivity contribution in [2.24, 2.45) is 4.99 Å². The third kappa shape index (κ3) is 6.98. The molecule has 0 saturated carbocycles. The van der Waals surface area contributed by atoms with Crippen LogP contribution in [0.1, 0.15) is 30.5 Å². The van der Waals surface area contributed by atoms with Gasteiger partial charge in [0, 0.05) is 38.1 Å². The number of aliphatic imine (C=N–C) groups is 1. The highest BCUT2D eigenvalue weighted by atomic mass is 32.1. The van der Waals surface area contributed by atoms with Gasteiger partial charge in [-0.1, -0.05) is 0 Å². The first-order chi connectivity index (χ1) is 12.8. The first-order valence-corrected chi connectivity index (χ1v) is 9.69. The van der Waals surface area contributed by atoms with Gasteiger partial charge < -0.3 is 16.0 Å². The van der Waals surface area contributed by atoms with Crippen LogP contribution in [-0.4, -0.2) is 61.0 Å². The van der Waals surface area contributed by atoms with Crippen molar-refractivity contribution in [2.45, 2.75) is 38.5 Å². The summed E-state index contributed by atoms with van der Waals surface area (Å²) in [4.78, 5) is 21.5. The maximum absolute atomic E-state index is 12.6. The summed E-state index contributed by atoms with van der Waals surface area (Å²) in [6, 6.07) is 0.200. The van der Waals surface area contributed by atoms with Crippen LogP contribution in [0.5, 0.6) is 0 Å². The first kappa shape index (κ1) is 21.4. The normalized spacial score (nSPS) is 17.0. The Balaban J connectivity index is 1.87. The van der Waals surface area contributed by atoms with Crippen LogP contribution in [0.4, 0.5) is 13.2 Å². The van der Waals surface area contributed by atoms with Crippen LogP contribution in [-0.2, 0) is 17.5 Å². The number of halogens is 3. The average molecular weight is 406 g/mol. The second kappa shape index (κ2) is 9.88. The number of thiazole rings is 1. The number of nitrogens with one attached hydrogen (secondary N) is 3. The van der Waals surface area contributed by atoms with Gasteiger partial charge in [-0.05, 0) is 19.8 Å². The molecule has 1 aliphatic rings. The highest BCUT2D eigenvalue weighted by Gasteiger charge is 2.33. The topological polar surface area (TPSA) is 81.7 Å². The van der Waals surface area contributed by atoms with Gasteiger partial charge in [-0.2, -0.15) is 13.2 Å². The van der Waals surface area contributed by atoms with Crippen LogP contribution < -0.4 is 16.0 Å². The van der Waals surface area contributed by atoms with Gasteiger partial charge in [0.1, 0.15) is 5.01 Å². The van der Waals surface area contributed by atoms with Crippen molar-refractivity contribution in [1.82, 2.24) is 25.8 Å². The Morgan fingerprint density at radius 1 is 1.41 bits per heavy atom. The van der Waals surface area contributed by atoms with Crippen LogP contribution in [0, 0.1) is 0 Å². The molecule has 1 aromatic rings. The second-order valence-corrected chi connectivity index (χ2v) is 7.13. The molecule has 0 bridgehead atoms. The summed E-state index contributed by atoms with van der Waals surface area (Å²) in [7, 11) is 1.62. The monoisotopic (exact) mass is 406 g/mol. The Kier molecular flexibility index (Phi) is 7.84. The highest BCUT2D eigenvalue weighted by molar-refractivity contribution is 7.09. The molecule has 1 saturated heterocycles. The van der Waals surface area contributed by atoms with E-state index in [1.165, 1.54) is 0 Å². The minimum absolute atomic E-state index is 0.00187. The molecule has 27 heavy (non-hydrogen) atoms. The SMILES string of the molecule is CCNC(=NCc1nc(C(F)(F)F)cs1)NC1CCN(CC(=O)NC)CC1. The summed E-state index contributed by atoms with van der Waals surface area (Å²) >= 11 is 0.952. The molecule has 11 heteroatoms. The number of carbonyl (C=O) groups is 1. The largest absolute Gasteiger partial charge is 0.434 e. The molecule has 0 unspecified atom stereocenters. The van der Waals surface area contributed by atoms with Crippen molar-refractivity contribution < 1.29 is 18.0 Å². The molecule has 1 fully saturated rings. The molecule has 1 amide bonds. The summed E-state index contributed by atoms with van der Waals surface area (Å²) in [5.41, 5.74) is -0.876. The molecule has 0 aromatic carbocycles. The number of piperidine rings is 1. The number of amides is 1. The smallest absolute Gasteiger partial charge is 0.358 e. The molecule has 0 aliphatic carbocycles. The molecular weight excluding hydrogens is 381 g/mol. The van der Waals surface area contributed by atoms with Crippen molar-refractivity contribution >= 4 is 23.2 Å². The summed E-state index contributed by atoms with van der Waals surface area (Å²) < 4.78 is 37.9. The quantitative estimate of drug-likeness (QED) is 0.492. The number of aromatic nitrogens is 1. The van der Waals surface area contributed by atoms with E-state index in [0.29, 0.717) is 24.1 Å². The number of hydrogen-bond donors (Lipinski definition) is 3. The number of guanidine groups is 1. The summed E-state index contributed by atoms with van der Waals surface area (Å²) in [5, 5.41) is 10.4. The Labute approximate surface area is 160 Å². The van der Waals surface area contributed by atoms with Gasteiger partial charge in [0.25, 0.3) is 0 Å². The first-order valence-electron chi connectivity index (χ1n) is 8.81. The maximum Gasteiger partial charge on any atom is 0.434 e. The second-order valence-electron chi connectivity index (χ2n) is 6.19. The fourth-order valence-electron chi connectivity index (χ4n) is 2.69. The average Bonchev–Trinajstić information content (AvgIpc) is 3.11. The van der Waals surface area contributed by atoms with Gasteiger partial charge in [0.05, 0.1) is 13.1 Å². The number of rotatable bonds is 6. The lowest BCUT2D eigenvalue weighted by atomic mass is 10.1. The molecule has 0 radical (unpaired) electrons. The van der Waals surface area contributed by atoms with E-state index in [1.54, 1.807) is 7.05 Å². The molecule has 1 aliphatic heterocycles. The Morgan fingerprint density at radius 2 is 2.11 bits per heavy atom. The number of likely N-dealkylation sites (N-methyl/N-ethyl adjacent to an activating group) is 1. The van der Waals surface area contributed by atoms with E-state index in [4.69, 9.17) is 0 Å². The molecule has 152 valence electrons. The fraction of sp³-hybridized carbons (Fsp3) is 0.688. The lowest BCUT2D eigenvalue weighted by Crippen LogP contribution is -2.50. The van der Waals surface area contributed by atoms with Crippen LogP contribution >= 0.6 is 11.3 Å². The standard InChI is InChI=1S/C16H25F3N6OS/c1-3-21-15(22-8-14-24-12(10-27-14)16(17,18)19)23-11-4-6-25(7-5-11)9-13(26)20-2/h10-11H,3-9H2,1-2H3,(H,20,26)(H2,21,22,23). The fourth-order valence-corrected chi connectivity index (χ4v) is 3.42. The van der Waals surface area contributed by atoms with Crippen molar-refractivity contribution in [3.8, 4) is 0 Å². The number of hydrogen-bond acceptors (Lipinski definition) is 5. The molecule has 0 spiro atoms. The zero-order chi connectivity index (χ0) is 19.9. The minimum atomic E-state index is -4.43. The van der Waals surface area contributed by atoms with Crippen LogP contribution in [0.2, 0.25) is 0 Å². The molecular formula is C16H25F3N6OS. The van der Waals surface area contributed by atoms with Crippen molar-refractivity contribution in [1.29, 1.82) is 0 Å². The summed E-state index contributed by atoms with van der Waals surface area (Å²) in [6.07, 6.45) is -2.71. The van der Waals surface area contributed by atoms with E-state index >= 15 is 0 Å². The third-order valence-electron chi connectivity index (χ3n) is 4.13. The Bertz CT molecular complexity index is 640. The minimum Gasteiger partial charge on any atom is -0.358 e. The van der Waals surface area contributed by atoms with Gasteiger partial charge in [0.15, 0.2) is 11.7 Å². The number of likely N-dealkylation sites (tertiary alicyclic amines) is 1. The van der Waals surface area contributed by atoms with E-state index in [0.717, 1.165) is 42.6 Å². The molecule has 2 heterocycles. The number of alkyl halides is 3. The van der Waals surface area contributed by atoms with Crippen molar-refractivity contribution in [3.05, 3.63) is 16.1 Å². The molecule has 2 rings (SSSR count). The van der Waals surface area contributed by atoms with Crippen LogP contribution in [0.25, 0.3) is 0 Å². The highest BCUT2D eigenvalue weighted by Crippen LogP contribution is 2.30. The van der Waals surface area contributed by atoms with Crippen LogP contribution in [0.3, 0.4) is 0 Å². The van der Waals surface area contributed by atoms with E-state index < -0.39 is 11.9 Å². The lowest BCUT2D eigenvalue weighted by molar-refractivity contribution is -0.140. The van der Waals surface area contributed by atoms with E-state index in [9.17, 15) is 18.0 Å². The van der Waals surface area contributed by atoms with Gasteiger partial charge in [0.2, 0.25) is 5.91 Å². The lowest BCUT2D eigenvalue weighted by Gasteiger charge is -2.32.